The second-order valence-corrected chi connectivity index (χ2v) is 15.5. The highest BCUT2D eigenvalue weighted by molar-refractivity contribution is 5.87. The van der Waals surface area contributed by atoms with Gasteiger partial charge >= 0.3 is 12.2 Å². The molecule has 7 heteroatoms. The van der Waals surface area contributed by atoms with E-state index in [4.69, 9.17) is 9.47 Å². The van der Waals surface area contributed by atoms with Gasteiger partial charge in [-0.05, 0) is 156 Å². The molecule has 0 aliphatic heterocycles. The fourth-order valence-electron chi connectivity index (χ4n) is 10.5. The van der Waals surface area contributed by atoms with Gasteiger partial charge in [0.25, 0.3) is 0 Å². The SMILES string of the molecule is C=C(C)Nc1ccc(NC(=O)OC23CC4CC(CC(C4)C2)C3)cc1.CN(C(=O)OC12CC3CC(CC(C3)C1)C2)c1ccccc1. The number of carbonyl (C=O) groups is 2. The van der Waals surface area contributed by atoms with Gasteiger partial charge < -0.3 is 14.8 Å². The molecule has 240 valence electrons. The number of nitrogens with zero attached hydrogens (tertiary/aromatic N) is 1. The van der Waals surface area contributed by atoms with Crippen molar-refractivity contribution < 1.29 is 19.1 Å². The van der Waals surface area contributed by atoms with Crippen molar-refractivity contribution in [1.29, 1.82) is 0 Å². The minimum absolute atomic E-state index is 0.158. The number of para-hydroxylation sites is 1. The maximum atomic E-state index is 12.5. The van der Waals surface area contributed by atoms with Gasteiger partial charge in [-0.25, -0.2) is 9.59 Å². The van der Waals surface area contributed by atoms with E-state index < -0.39 is 0 Å². The Morgan fingerprint density at radius 1 is 0.667 bits per heavy atom. The molecular weight excluding hydrogens is 562 g/mol. The van der Waals surface area contributed by atoms with Crippen molar-refractivity contribution in [2.75, 3.05) is 22.6 Å². The molecule has 0 aromatic heterocycles. The predicted molar refractivity (Wildman–Crippen MR) is 178 cm³/mol. The summed E-state index contributed by atoms with van der Waals surface area (Å²) in [5.74, 6) is 4.72. The standard InChI is InChI=1S/C20H26N2O2.C18H23NO2/c1-13(2)21-17-3-5-18(6-4-17)22-19(23)24-20-10-14-7-15(11-20)9-16(8-14)12-20;1-19(16-5-3-2-4-6-16)17(20)21-18-10-13-7-14(11-18)9-15(8-13)12-18/h3-6,14-16,21H,1,7-12H2,2H3,(H,22,23);2-6,13-15H,7-12H2,1H3. The lowest BCUT2D eigenvalue weighted by molar-refractivity contribution is -0.125. The van der Waals surface area contributed by atoms with Gasteiger partial charge in [-0.1, -0.05) is 24.8 Å². The fourth-order valence-corrected chi connectivity index (χ4v) is 10.5. The maximum Gasteiger partial charge on any atom is 0.414 e. The first-order valence-electron chi connectivity index (χ1n) is 17.2. The first-order valence-corrected chi connectivity index (χ1v) is 17.2. The molecule has 2 aromatic rings. The first-order chi connectivity index (χ1) is 21.6. The van der Waals surface area contributed by atoms with Crippen LogP contribution in [0.15, 0.2) is 66.9 Å². The van der Waals surface area contributed by atoms with E-state index in [0.717, 1.165) is 96.8 Å². The Morgan fingerprint density at radius 3 is 1.49 bits per heavy atom. The lowest BCUT2D eigenvalue weighted by Crippen LogP contribution is -2.53. The molecule has 8 bridgehead atoms. The molecule has 8 fully saturated rings. The summed E-state index contributed by atoms with van der Waals surface area (Å²) in [6, 6.07) is 17.4. The van der Waals surface area contributed by atoms with Crippen molar-refractivity contribution >= 4 is 29.2 Å². The van der Waals surface area contributed by atoms with Crippen LogP contribution in [0.1, 0.15) is 84.0 Å². The Hall–Kier alpha value is -3.48. The molecule has 8 aliphatic carbocycles. The number of amides is 2. The van der Waals surface area contributed by atoms with Crippen molar-refractivity contribution in [1.82, 2.24) is 0 Å². The van der Waals surface area contributed by atoms with E-state index in [9.17, 15) is 9.59 Å². The molecule has 0 saturated heterocycles. The van der Waals surface area contributed by atoms with Crippen LogP contribution in [0.5, 0.6) is 0 Å². The zero-order valence-corrected chi connectivity index (χ0v) is 26.9. The lowest BCUT2D eigenvalue weighted by Gasteiger charge is -2.55. The van der Waals surface area contributed by atoms with Crippen molar-refractivity contribution in [3.63, 3.8) is 0 Å². The zero-order chi connectivity index (χ0) is 31.2. The van der Waals surface area contributed by atoms with Crippen LogP contribution in [-0.2, 0) is 9.47 Å². The number of allylic oxidation sites excluding steroid dienone is 1. The average molecular weight is 612 g/mol. The monoisotopic (exact) mass is 611 g/mol. The molecule has 8 aliphatic rings. The van der Waals surface area contributed by atoms with Gasteiger partial charge in [0.05, 0.1) is 0 Å². The quantitative estimate of drug-likeness (QED) is 0.340. The maximum absolute atomic E-state index is 12.5. The first kappa shape index (κ1) is 30.2. The highest BCUT2D eigenvalue weighted by Crippen LogP contribution is 2.58. The summed E-state index contributed by atoms with van der Waals surface area (Å²) in [4.78, 5) is 26.6. The molecule has 0 radical (unpaired) electrons. The Balaban J connectivity index is 0.000000146. The van der Waals surface area contributed by atoms with Crippen molar-refractivity contribution in [2.24, 2.45) is 35.5 Å². The smallest absolute Gasteiger partial charge is 0.414 e. The minimum atomic E-state index is -0.308. The minimum Gasteiger partial charge on any atom is -0.443 e. The normalized spacial score (nSPS) is 34.7. The Labute approximate surface area is 268 Å². The van der Waals surface area contributed by atoms with Crippen LogP contribution in [0.4, 0.5) is 26.7 Å². The van der Waals surface area contributed by atoms with Crippen molar-refractivity contribution in [3.05, 3.63) is 66.9 Å². The highest BCUT2D eigenvalue weighted by atomic mass is 16.6. The molecule has 8 saturated carbocycles. The van der Waals surface area contributed by atoms with Gasteiger partial charge in [-0.3, -0.25) is 10.2 Å². The van der Waals surface area contributed by atoms with Gasteiger partial charge in [-0.15, -0.1) is 0 Å². The van der Waals surface area contributed by atoms with E-state index in [-0.39, 0.29) is 23.4 Å². The van der Waals surface area contributed by atoms with Crippen LogP contribution in [0, 0.1) is 35.5 Å². The lowest BCUT2D eigenvalue weighted by atomic mass is 9.54. The van der Waals surface area contributed by atoms with E-state index in [1.54, 1.807) is 11.9 Å². The molecule has 0 heterocycles. The molecule has 2 N–H and O–H groups in total. The number of anilines is 3. The van der Waals surface area contributed by atoms with Crippen LogP contribution in [0.25, 0.3) is 0 Å². The van der Waals surface area contributed by atoms with Gasteiger partial charge in [0.15, 0.2) is 0 Å². The van der Waals surface area contributed by atoms with Gasteiger partial charge in [0.1, 0.15) is 11.2 Å². The third kappa shape index (κ3) is 6.73. The van der Waals surface area contributed by atoms with Crippen LogP contribution >= 0.6 is 0 Å². The molecule has 2 aromatic carbocycles. The number of hydrogen-bond acceptors (Lipinski definition) is 5. The van der Waals surface area contributed by atoms with E-state index >= 15 is 0 Å². The second kappa shape index (κ2) is 12.0. The highest BCUT2D eigenvalue weighted by Gasteiger charge is 2.54. The molecule has 0 unspecified atom stereocenters. The number of rotatable bonds is 6. The molecule has 7 nitrogen and oxygen atoms in total. The second-order valence-electron chi connectivity index (χ2n) is 15.5. The third-order valence-electron chi connectivity index (χ3n) is 11.5. The van der Waals surface area contributed by atoms with Crippen molar-refractivity contribution in [3.8, 4) is 0 Å². The van der Waals surface area contributed by atoms with Crippen molar-refractivity contribution in [2.45, 2.75) is 95.2 Å². The van der Waals surface area contributed by atoms with Crippen LogP contribution < -0.4 is 15.5 Å². The van der Waals surface area contributed by atoms with E-state index in [1.165, 1.54) is 38.5 Å². The molecule has 0 spiro atoms. The Morgan fingerprint density at radius 2 is 1.07 bits per heavy atom. The summed E-state index contributed by atoms with van der Waals surface area (Å²) < 4.78 is 12.0. The average Bonchev–Trinajstić information content (AvgIpc) is 2.96. The number of nitrogens with one attached hydrogen (secondary N) is 2. The molecule has 2 amide bonds. The number of benzene rings is 2. The summed E-state index contributed by atoms with van der Waals surface area (Å²) in [6.07, 6.45) is 14.1. The predicted octanol–water partition coefficient (Wildman–Crippen LogP) is 9.38. The summed E-state index contributed by atoms with van der Waals surface area (Å²) in [5.41, 5.74) is 3.15. The summed E-state index contributed by atoms with van der Waals surface area (Å²) in [7, 11) is 1.80. The number of ether oxygens (including phenoxy) is 2. The van der Waals surface area contributed by atoms with E-state index in [1.807, 2.05) is 61.5 Å². The fraction of sp³-hybridized carbons (Fsp3) is 0.579. The Bertz CT molecular complexity index is 1330. The van der Waals surface area contributed by atoms with Gasteiger partial charge in [-0.2, -0.15) is 0 Å². The third-order valence-corrected chi connectivity index (χ3v) is 11.5. The molecular formula is C38H49N3O4. The summed E-state index contributed by atoms with van der Waals surface area (Å²) >= 11 is 0. The van der Waals surface area contributed by atoms with Crippen LogP contribution in [0.3, 0.4) is 0 Å². The van der Waals surface area contributed by atoms with Gasteiger partial charge in [0.2, 0.25) is 0 Å². The topological polar surface area (TPSA) is 79.9 Å². The molecule has 10 rings (SSSR count). The van der Waals surface area contributed by atoms with Crippen LogP contribution in [0.2, 0.25) is 0 Å². The zero-order valence-electron chi connectivity index (χ0n) is 26.9. The summed E-state index contributed by atoms with van der Waals surface area (Å²) in [6.45, 7) is 5.74. The Kier molecular flexibility index (Phi) is 8.07. The summed E-state index contributed by atoms with van der Waals surface area (Å²) in [5, 5.41) is 6.04. The van der Waals surface area contributed by atoms with Gasteiger partial charge in [0, 0.05) is 29.8 Å². The van der Waals surface area contributed by atoms with E-state index in [0.29, 0.717) is 0 Å². The largest absolute Gasteiger partial charge is 0.443 e. The number of carbonyl (C=O) groups excluding carboxylic acids is 2. The number of hydrogen-bond donors (Lipinski definition) is 2. The molecule has 0 atom stereocenters. The van der Waals surface area contributed by atoms with Crippen LogP contribution in [-0.4, -0.2) is 30.4 Å². The van der Waals surface area contributed by atoms with E-state index in [2.05, 4.69) is 17.2 Å². The molecule has 45 heavy (non-hydrogen) atoms.